The van der Waals surface area contributed by atoms with Gasteiger partial charge >= 0.3 is 6.09 Å². The molecule has 3 aromatic heterocycles. The average molecular weight is 528 g/mol. The van der Waals surface area contributed by atoms with Gasteiger partial charge in [0.25, 0.3) is 0 Å². The molecule has 0 radical (unpaired) electrons. The maximum Gasteiger partial charge on any atom is 0.407 e. The van der Waals surface area contributed by atoms with Crippen molar-refractivity contribution in [1.82, 2.24) is 24.9 Å². The Labute approximate surface area is 199 Å². The lowest BCUT2D eigenvalue weighted by molar-refractivity contribution is 0.0496. The number of alkyl halides is 1. The van der Waals surface area contributed by atoms with E-state index in [1.165, 1.54) is 0 Å². The molecule has 0 bridgehead atoms. The van der Waals surface area contributed by atoms with Gasteiger partial charge in [0.2, 0.25) is 5.28 Å². The van der Waals surface area contributed by atoms with Crippen LogP contribution in [0.15, 0.2) is 29.1 Å². The number of anilines is 1. The number of hydrogen-bond donors (Lipinski definition) is 2. The van der Waals surface area contributed by atoms with Gasteiger partial charge in [-0.2, -0.15) is 4.98 Å². The number of ether oxygens (including phenoxy) is 1. The normalized spacial score (nSPS) is 12.6. The average Bonchev–Trinajstić information content (AvgIpc) is 2.95. The highest BCUT2D eigenvalue weighted by atomic mass is 79.9. The summed E-state index contributed by atoms with van der Waals surface area (Å²) in [4.78, 5) is 20.5. The number of aryl methyl sites for hydroxylation is 1. The molecule has 0 fully saturated rings. The fourth-order valence-electron chi connectivity index (χ4n) is 3.22. The van der Waals surface area contributed by atoms with E-state index >= 15 is 0 Å². The Balaban J connectivity index is 1.88. The van der Waals surface area contributed by atoms with E-state index in [2.05, 4.69) is 41.6 Å². The maximum atomic E-state index is 13.7. The molecule has 3 aromatic rings. The zero-order chi connectivity index (χ0) is 23.5. The third-order valence-corrected chi connectivity index (χ3v) is 5.61. The van der Waals surface area contributed by atoms with Crippen LogP contribution in [0, 0.1) is 6.92 Å². The van der Waals surface area contributed by atoms with Crippen molar-refractivity contribution < 1.29 is 13.9 Å². The van der Waals surface area contributed by atoms with Crippen LogP contribution in [0.5, 0.6) is 0 Å². The molecular formula is C21H25BrClFN6O2. The summed E-state index contributed by atoms with van der Waals surface area (Å²) in [6, 6.07) is 3.02. The summed E-state index contributed by atoms with van der Waals surface area (Å²) in [5, 5.41) is 10.2. The largest absolute Gasteiger partial charge is 0.444 e. The number of halogens is 3. The zero-order valence-corrected chi connectivity index (χ0v) is 20.6. The monoisotopic (exact) mass is 526 g/mol. The number of nitrogens with zero attached hydrogens (tertiary/aromatic N) is 4. The number of alkyl carbamates (subject to hydrolysis) is 1. The van der Waals surface area contributed by atoms with Crippen LogP contribution in [0.2, 0.25) is 5.28 Å². The molecule has 0 saturated heterocycles. The topological polar surface area (TPSA) is 93.4 Å². The summed E-state index contributed by atoms with van der Waals surface area (Å²) < 4.78 is 21.2. The number of carbonyl (C=O) groups is 1. The molecule has 3 rings (SSSR count). The first kappa shape index (κ1) is 24.2. The standard InChI is InChI=1S/C21H25BrClFN6O2/c1-12-15(9-14(10-24)27-20(31)32-21(2,3)4)17(22)30-16(12)18(28-19(23)29-30)26-11-13-5-7-25-8-6-13/h5-8,14H,9-11H2,1-4H3,(H,27,31)(H,26,28,29)/t14-/m1/s1. The lowest BCUT2D eigenvalue weighted by Gasteiger charge is -2.22. The number of pyridine rings is 1. The second kappa shape index (κ2) is 9.99. The van der Waals surface area contributed by atoms with Gasteiger partial charge in [-0.3, -0.25) is 4.98 Å². The molecule has 8 nitrogen and oxygen atoms in total. The van der Waals surface area contributed by atoms with Gasteiger partial charge < -0.3 is 15.4 Å². The van der Waals surface area contributed by atoms with Gasteiger partial charge in [-0.05, 0) is 90.5 Å². The Kier molecular flexibility index (Phi) is 7.55. The Bertz CT molecular complexity index is 1100. The van der Waals surface area contributed by atoms with E-state index in [9.17, 15) is 9.18 Å². The van der Waals surface area contributed by atoms with Crippen LogP contribution in [0.3, 0.4) is 0 Å². The van der Waals surface area contributed by atoms with Crippen LogP contribution >= 0.6 is 27.5 Å². The van der Waals surface area contributed by atoms with Crippen LogP contribution in [0.1, 0.15) is 37.5 Å². The van der Waals surface area contributed by atoms with E-state index in [4.69, 9.17) is 16.3 Å². The predicted molar refractivity (Wildman–Crippen MR) is 125 cm³/mol. The molecule has 0 aliphatic carbocycles. The minimum Gasteiger partial charge on any atom is -0.444 e. The molecule has 1 atom stereocenters. The van der Waals surface area contributed by atoms with Crippen molar-refractivity contribution in [3.63, 3.8) is 0 Å². The van der Waals surface area contributed by atoms with E-state index in [-0.39, 0.29) is 11.7 Å². The second-order valence-electron chi connectivity index (χ2n) is 8.29. The molecule has 0 spiro atoms. The first-order valence-corrected chi connectivity index (χ1v) is 11.2. The van der Waals surface area contributed by atoms with E-state index < -0.39 is 24.4 Å². The number of hydrogen-bond acceptors (Lipinski definition) is 6. The number of aromatic nitrogens is 4. The Hall–Kier alpha value is -2.46. The van der Waals surface area contributed by atoms with Gasteiger partial charge in [0, 0.05) is 18.9 Å². The van der Waals surface area contributed by atoms with Crippen molar-refractivity contribution in [3.8, 4) is 0 Å². The highest BCUT2D eigenvalue weighted by molar-refractivity contribution is 9.10. The highest BCUT2D eigenvalue weighted by Crippen LogP contribution is 2.32. The quantitative estimate of drug-likeness (QED) is 0.455. The molecule has 2 N–H and O–H groups in total. The molecule has 0 aliphatic heterocycles. The lowest BCUT2D eigenvalue weighted by atomic mass is 10.1. The zero-order valence-electron chi connectivity index (χ0n) is 18.2. The maximum absolute atomic E-state index is 13.7. The Morgan fingerprint density at radius 1 is 1.34 bits per heavy atom. The fourth-order valence-corrected chi connectivity index (χ4v) is 4.09. The molecule has 0 unspecified atom stereocenters. The molecule has 1 amide bonds. The smallest absolute Gasteiger partial charge is 0.407 e. The van der Waals surface area contributed by atoms with Crippen LogP contribution in [0.25, 0.3) is 5.52 Å². The second-order valence-corrected chi connectivity index (χ2v) is 9.38. The third kappa shape index (κ3) is 5.86. The third-order valence-electron chi connectivity index (χ3n) is 4.63. The van der Waals surface area contributed by atoms with Gasteiger partial charge in [-0.15, -0.1) is 5.10 Å². The predicted octanol–water partition coefficient (Wildman–Crippen LogP) is 4.87. The van der Waals surface area contributed by atoms with Crippen LogP contribution in [0.4, 0.5) is 15.0 Å². The van der Waals surface area contributed by atoms with E-state index in [0.29, 0.717) is 22.5 Å². The molecule has 0 aliphatic rings. The summed E-state index contributed by atoms with van der Waals surface area (Å²) >= 11 is 9.71. The van der Waals surface area contributed by atoms with Crippen LogP contribution in [-0.2, 0) is 17.7 Å². The van der Waals surface area contributed by atoms with Crippen molar-refractivity contribution in [1.29, 1.82) is 0 Å². The first-order chi connectivity index (χ1) is 15.1. The van der Waals surface area contributed by atoms with Gasteiger partial charge in [0.05, 0.1) is 6.04 Å². The van der Waals surface area contributed by atoms with Crippen molar-refractivity contribution in [2.45, 2.75) is 52.3 Å². The van der Waals surface area contributed by atoms with Crippen LogP contribution < -0.4 is 10.6 Å². The van der Waals surface area contributed by atoms with Crippen molar-refractivity contribution in [3.05, 3.63) is 51.1 Å². The van der Waals surface area contributed by atoms with Crippen molar-refractivity contribution in [2.75, 3.05) is 12.0 Å². The van der Waals surface area contributed by atoms with Gasteiger partial charge in [0.15, 0.2) is 5.82 Å². The highest BCUT2D eigenvalue weighted by Gasteiger charge is 2.24. The first-order valence-electron chi connectivity index (χ1n) is 10.0. The molecule has 11 heteroatoms. The summed E-state index contributed by atoms with van der Waals surface area (Å²) in [7, 11) is 0. The minimum atomic E-state index is -0.770. The molecule has 172 valence electrons. The van der Waals surface area contributed by atoms with Crippen molar-refractivity contribution in [2.24, 2.45) is 0 Å². The number of amides is 1. The lowest BCUT2D eigenvalue weighted by Crippen LogP contribution is -2.41. The van der Waals surface area contributed by atoms with Gasteiger partial charge in [-0.1, -0.05) is 0 Å². The summed E-state index contributed by atoms with van der Waals surface area (Å²) in [6.45, 7) is 6.91. The minimum absolute atomic E-state index is 0.0610. The van der Waals surface area contributed by atoms with Gasteiger partial charge in [0.1, 0.15) is 22.4 Å². The summed E-state index contributed by atoms with van der Waals surface area (Å²) in [5.41, 5.74) is 2.69. The van der Waals surface area contributed by atoms with E-state index in [1.54, 1.807) is 37.7 Å². The molecular weight excluding hydrogens is 503 g/mol. The van der Waals surface area contributed by atoms with Crippen molar-refractivity contribution >= 4 is 45.0 Å². The molecule has 32 heavy (non-hydrogen) atoms. The number of rotatable bonds is 7. The molecule has 0 saturated carbocycles. The SMILES string of the molecule is Cc1c(C[C@H](CF)NC(=O)OC(C)(C)C)c(Br)n2nc(Cl)nc(NCc3ccncc3)c12. The van der Waals surface area contributed by atoms with Crippen LogP contribution in [-0.4, -0.2) is 44.0 Å². The summed E-state index contributed by atoms with van der Waals surface area (Å²) in [5.74, 6) is 0.545. The van der Waals surface area contributed by atoms with Gasteiger partial charge in [-0.25, -0.2) is 13.7 Å². The fraction of sp³-hybridized carbons (Fsp3) is 0.429. The van der Waals surface area contributed by atoms with E-state index in [1.807, 2.05) is 19.1 Å². The Morgan fingerprint density at radius 2 is 2.03 bits per heavy atom. The number of fused-ring (bicyclic) bond motifs is 1. The summed E-state index contributed by atoms with van der Waals surface area (Å²) in [6.07, 6.45) is 2.99. The van der Waals surface area contributed by atoms with E-state index in [0.717, 1.165) is 16.7 Å². The molecule has 0 aromatic carbocycles. The molecule has 3 heterocycles. The number of carbonyl (C=O) groups excluding carboxylic acids is 1. The Morgan fingerprint density at radius 3 is 2.66 bits per heavy atom. The number of nitrogens with one attached hydrogen (secondary N) is 2.